The molecule has 2 aromatic rings. The van der Waals surface area contributed by atoms with E-state index in [0.29, 0.717) is 6.61 Å². The zero-order chi connectivity index (χ0) is 13.4. The Morgan fingerprint density at radius 2 is 1.84 bits per heavy atom. The van der Waals surface area contributed by atoms with Crippen LogP contribution in [0.5, 0.6) is 11.5 Å². The van der Waals surface area contributed by atoms with Gasteiger partial charge < -0.3 is 9.84 Å². The van der Waals surface area contributed by atoms with Gasteiger partial charge in [0.2, 0.25) is 0 Å². The van der Waals surface area contributed by atoms with E-state index >= 15 is 0 Å². The number of phenolic OH excluding ortho intramolecular Hbond substituents is 1. The number of benzene rings is 2. The molecule has 0 aromatic heterocycles. The first kappa shape index (κ1) is 12.3. The maximum atomic E-state index is 9.40. The molecule has 0 radical (unpaired) electrons. The number of aromatic hydroxyl groups is 1. The summed E-state index contributed by atoms with van der Waals surface area (Å²) in [6, 6.07) is 13.4. The van der Waals surface area contributed by atoms with Crippen molar-refractivity contribution < 1.29 is 9.84 Å². The smallest absolute Gasteiger partial charge is 0.127 e. The molecular weight excluding hydrogens is 304 g/mol. The molecule has 1 aliphatic rings. The van der Waals surface area contributed by atoms with Crippen LogP contribution in [0.3, 0.4) is 0 Å². The van der Waals surface area contributed by atoms with Crippen molar-refractivity contribution in [3.63, 3.8) is 0 Å². The van der Waals surface area contributed by atoms with Crippen molar-refractivity contribution in [2.24, 2.45) is 0 Å². The number of fused-ring (bicyclic) bond motifs is 1. The summed E-state index contributed by atoms with van der Waals surface area (Å²) in [6.07, 6.45) is 0. The highest BCUT2D eigenvalue weighted by Gasteiger charge is 2.20. The molecule has 1 N–H and O–H groups in total. The molecule has 0 saturated carbocycles. The van der Waals surface area contributed by atoms with Gasteiger partial charge in [0.1, 0.15) is 18.1 Å². The van der Waals surface area contributed by atoms with Gasteiger partial charge in [-0.25, -0.2) is 0 Å². The summed E-state index contributed by atoms with van der Waals surface area (Å²) in [5.41, 5.74) is 4.45. The van der Waals surface area contributed by atoms with E-state index < -0.39 is 0 Å². The normalized spacial score (nSPS) is 14.0. The van der Waals surface area contributed by atoms with Crippen LogP contribution in [-0.4, -0.2) is 11.7 Å². The Labute approximate surface area is 120 Å². The highest BCUT2D eigenvalue weighted by Crippen LogP contribution is 2.39. The number of phenols is 1. The monoisotopic (exact) mass is 316 g/mol. The number of halogens is 1. The van der Waals surface area contributed by atoms with Gasteiger partial charge in [-0.3, -0.25) is 0 Å². The maximum Gasteiger partial charge on any atom is 0.127 e. The van der Waals surface area contributed by atoms with Crippen LogP contribution >= 0.6 is 15.9 Å². The van der Waals surface area contributed by atoms with Crippen LogP contribution in [0.25, 0.3) is 5.57 Å². The zero-order valence-electron chi connectivity index (χ0n) is 10.5. The molecule has 3 rings (SSSR count). The van der Waals surface area contributed by atoms with Crippen LogP contribution in [0.2, 0.25) is 0 Å². The molecule has 96 valence electrons. The van der Waals surface area contributed by atoms with Crippen LogP contribution in [0.1, 0.15) is 16.7 Å². The first-order valence-electron chi connectivity index (χ1n) is 6.07. The van der Waals surface area contributed by atoms with Crippen molar-refractivity contribution in [1.29, 1.82) is 0 Å². The maximum absolute atomic E-state index is 9.40. The third-order valence-electron chi connectivity index (χ3n) is 3.19. The molecule has 0 saturated heterocycles. The second-order valence-electron chi connectivity index (χ2n) is 4.62. The van der Waals surface area contributed by atoms with Crippen molar-refractivity contribution >= 4 is 21.5 Å². The molecule has 0 aliphatic carbocycles. The Balaban J connectivity index is 2.17. The Bertz CT molecular complexity index is 657. The Kier molecular flexibility index (Phi) is 3.07. The number of hydrogen-bond donors (Lipinski definition) is 1. The fraction of sp³-hybridized carbons (Fsp3) is 0.125. The molecule has 0 amide bonds. The van der Waals surface area contributed by atoms with Crippen LogP contribution < -0.4 is 4.74 Å². The topological polar surface area (TPSA) is 29.5 Å². The van der Waals surface area contributed by atoms with Gasteiger partial charge >= 0.3 is 0 Å². The number of aryl methyl sites for hydroxylation is 1. The number of hydrogen-bond acceptors (Lipinski definition) is 2. The van der Waals surface area contributed by atoms with Crippen LogP contribution in [-0.2, 0) is 0 Å². The minimum absolute atomic E-state index is 0.275. The van der Waals surface area contributed by atoms with Gasteiger partial charge in [0.25, 0.3) is 0 Å². The van der Waals surface area contributed by atoms with Crippen LogP contribution in [0.15, 0.2) is 46.9 Å². The summed E-state index contributed by atoms with van der Waals surface area (Å²) in [7, 11) is 0. The van der Waals surface area contributed by atoms with Crippen molar-refractivity contribution in [2.45, 2.75) is 6.92 Å². The van der Waals surface area contributed by atoms with Gasteiger partial charge in [-0.15, -0.1) is 0 Å². The van der Waals surface area contributed by atoms with Crippen molar-refractivity contribution in [3.05, 3.63) is 63.6 Å². The fourth-order valence-corrected chi connectivity index (χ4v) is 2.81. The van der Waals surface area contributed by atoms with E-state index in [1.807, 2.05) is 12.1 Å². The lowest BCUT2D eigenvalue weighted by molar-refractivity contribution is 0.355. The fourth-order valence-electron chi connectivity index (χ4n) is 2.26. The molecule has 19 heavy (non-hydrogen) atoms. The number of rotatable bonds is 1. The van der Waals surface area contributed by atoms with Gasteiger partial charge in [-0.05, 0) is 36.2 Å². The highest BCUT2D eigenvalue weighted by atomic mass is 79.9. The first-order chi connectivity index (χ1) is 9.15. The molecule has 0 bridgehead atoms. The zero-order valence-corrected chi connectivity index (χ0v) is 12.1. The van der Waals surface area contributed by atoms with Crippen molar-refractivity contribution in [2.75, 3.05) is 6.61 Å². The molecule has 2 aromatic carbocycles. The van der Waals surface area contributed by atoms with Gasteiger partial charge in [-0.1, -0.05) is 40.2 Å². The lowest BCUT2D eigenvalue weighted by Gasteiger charge is -2.22. The predicted octanol–water partition coefficient (Wildman–Crippen LogP) is 4.25. The van der Waals surface area contributed by atoms with Crippen LogP contribution in [0.4, 0.5) is 0 Å². The van der Waals surface area contributed by atoms with Gasteiger partial charge in [-0.2, -0.15) is 0 Å². The molecule has 0 spiro atoms. The Morgan fingerprint density at radius 3 is 2.58 bits per heavy atom. The van der Waals surface area contributed by atoms with E-state index in [0.717, 1.165) is 26.9 Å². The summed E-state index contributed by atoms with van der Waals surface area (Å²) in [5.74, 6) is 1.18. The van der Waals surface area contributed by atoms with E-state index in [4.69, 9.17) is 4.74 Å². The molecule has 0 atom stereocenters. The van der Waals surface area contributed by atoms with E-state index in [2.05, 4.69) is 41.1 Å². The third-order valence-corrected chi connectivity index (χ3v) is 3.81. The Morgan fingerprint density at radius 1 is 1.11 bits per heavy atom. The molecule has 0 unspecified atom stereocenters. The minimum atomic E-state index is 0.275. The molecular formula is C16H13BrO2. The second kappa shape index (κ2) is 4.74. The van der Waals surface area contributed by atoms with Crippen molar-refractivity contribution in [1.82, 2.24) is 0 Å². The number of ether oxygens (including phenoxy) is 1. The van der Waals surface area contributed by atoms with Gasteiger partial charge in [0.05, 0.1) is 0 Å². The first-order valence-corrected chi connectivity index (χ1v) is 6.86. The summed E-state index contributed by atoms with van der Waals surface area (Å²) < 4.78 is 6.76. The molecule has 2 nitrogen and oxygen atoms in total. The average molecular weight is 317 g/mol. The third kappa shape index (κ3) is 2.26. The Hall–Kier alpha value is -1.74. The summed E-state index contributed by atoms with van der Waals surface area (Å²) in [4.78, 5) is 0. The lowest BCUT2D eigenvalue weighted by atomic mass is 9.94. The van der Waals surface area contributed by atoms with Gasteiger partial charge in [0, 0.05) is 15.6 Å². The van der Waals surface area contributed by atoms with Gasteiger partial charge in [0.15, 0.2) is 0 Å². The summed E-state index contributed by atoms with van der Waals surface area (Å²) >= 11 is 3.59. The molecule has 1 heterocycles. The van der Waals surface area contributed by atoms with E-state index in [-0.39, 0.29) is 5.75 Å². The lowest BCUT2D eigenvalue weighted by Crippen LogP contribution is -2.09. The largest absolute Gasteiger partial charge is 0.508 e. The minimum Gasteiger partial charge on any atom is -0.508 e. The summed E-state index contributed by atoms with van der Waals surface area (Å²) in [5, 5.41) is 9.40. The van der Waals surface area contributed by atoms with E-state index in [1.165, 1.54) is 5.56 Å². The standard InChI is InChI=1S/C16H13BrO2/c1-10-2-7-13-15(8-10)19-9-14(17)16(13)11-3-5-12(18)6-4-11/h2-8,18H,9H2,1H3. The van der Waals surface area contributed by atoms with Crippen LogP contribution in [0, 0.1) is 6.92 Å². The molecule has 3 heteroatoms. The quantitative estimate of drug-likeness (QED) is 0.852. The highest BCUT2D eigenvalue weighted by molar-refractivity contribution is 9.11. The SMILES string of the molecule is Cc1ccc2c(c1)OCC(Br)=C2c1ccc(O)cc1. The predicted molar refractivity (Wildman–Crippen MR) is 79.7 cm³/mol. The second-order valence-corrected chi connectivity index (χ2v) is 5.57. The molecule has 0 fully saturated rings. The van der Waals surface area contributed by atoms with E-state index in [1.54, 1.807) is 12.1 Å². The van der Waals surface area contributed by atoms with E-state index in [9.17, 15) is 5.11 Å². The average Bonchev–Trinajstić information content (AvgIpc) is 2.40. The summed E-state index contributed by atoms with van der Waals surface area (Å²) in [6.45, 7) is 2.59. The molecule has 1 aliphatic heterocycles. The van der Waals surface area contributed by atoms with Crippen molar-refractivity contribution in [3.8, 4) is 11.5 Å².